The summed E-state index contributed by atoms with van der Waals surface area (Å²) in [5.41, 5.74) is 3.18. The first kappa shape index (κ1) is 24.2. The molecule has 0 unspecified atom stereocenters. The molecule has 6 heteroatoms. The summed E-state index contributed by atoms with van der Waals surface area (Å²) in [5.74, 6) is 1.05. The Morgan fingerprint density at radius 3 is 2.47 bits per heavy atom. The van der Waals surface area contributed by atoms with Crippen molar-refractivity contribution >= 4 is 11.7 Å². The number of rotatable bonds is 11. The van der Waals surface area contributed by atoms with Crippen LogP contribution in [0.3, 0.4) is 0 Å². The van der Waals surface area contributed by atoms with Gasteiger partial charge in [-0.05, 0) is 70.8 Å². The summed E-state index contributed by atoms with van der Waals surface area (Å²) in [6.07, 6.45) is 5.31. The largest absolute Gasteiger partial charge is 0.356 e. The van der Waals surface area contributed by atoms with Crippen LogP contribution in [-0.2, 0) is 4.79 Å². The molecule has 1 aliphatic rings. The minimum Gasteiger partial charge on any atom is -0.356 e. The van der Waals surface area contributed by atoms with Gasteiger partial charge in [-0.3, -0.25) is 4.79 Å². The second-order valence-electron chi connectivity index (χ2n) is 8.91. The molecule has 1 aromatic heterocycles. The van der Waals surface area contributed by atoms with Gasteiger partial charge in [-0.1, -0.05) is 43.7 Å². The number of benzene rings is 1. The molecular weight excluding hydrogens is 398 g/mol. The summed E-state index contributed by atoms with van der Waals surface area (Å²) < 4.78 is 0. The van der Waals surface area contributed by atoms with Crippen LogP contribution >= 0.6 is 0 Å². The van der Waals surface area contributed by atoms with Crippen molar-refractivity contribution in [2.75, 3.05) is 44.2 Å². The van der Waals surface area contributed by atoms with Crippen LogP contribution in [0.5, 0.6) is 0 Å². The normalized spacial score (nSPS) is 16.4. The standard InChI is InChI=1S/C26H39N5O/c1-4-16-30(17-5-2)18-7-15-27-26(32)23-8-6-19-31(20-23)25-14-13-24(28-29-25)22-11-9-21(3)10-12-22/h9-14,23H,4-8,15-20H2,1-3H3,(H,27,32)/t23-/m0/s1. The van der Waals surface area contributed by atoms with Crippen molar-refractivity contribution in [1.29, 1.82) is 0 Å². The quantitative estimate of drug-likeness (QED) is 0.531. The van der Waals surface area contributed by atoms with Crippen LogP contribution in [0.2, 0.25) is 0 Å². The van der Waals surface area contributed by atoms with Gasteiger partial charge in [0.2, 0.25) is 5.91 Å². The van der Waals surface area contributed by atoms with Gasteiger partial charge in [0.1, 0.15) is 0 Å². The first-order chi connectivity index (χ1) is 15.6. The maximum atomic E-state index is 12.8. The van der Waals surface area contributed by atoms with E-state index in [1.165, 1.54) is 18.4 Å². The molecule has 1 aromatic carbocycles. The number of carbonyl (C=O) groups is 1. The lowest BCUT2D eigenvalue weighted by Gasteiger charge is -2.32. The van der Waals surface area contributed by atoms with Crippen LogP contribution in [0, 0.1) is 12.8 Å². The summed E-state index contributed by atoms with van der Waals surface area (Å²) in [6.45, 7) is 12.3. The summed E-state index contributed by atoms with van der Waals surface area (Å²) in [7, 11) is 0. The highest BCUT2D eigenvalue weighted by atomic mass is 16.1. The molecule has 0 radical (unpaired) electrons. The molecule has 1 saturated heterocycles. The molecule has 2 aromatic rings. The van der Waals surface area contributed by atoms with Crippen LogP contribution < -0.4 is 10.2 Å². The molecule has 6 nitrogen and oxygen atoms in total. The first-order valence-electron chi connectivity index (χ1n) is 12.3. The molecule has 0 bridgehead atoms. The Kier molecular flexibility index (Phi) is 9.47. The van der Waals surface area contributed by atoms with Gasteiger partial charge in [0.25, 0.3) is 0 Å². The molecule has 0 saturated carbocycles. The zero-order valence-corrected chi connectivity index (χ0v) is 20.0. The highest BCUT2D eigenvalue weighted by Gasteiger charge is 2.26. The Hall–Kier alpha value is -2.47. The van der Waals surface area contributed by atoms with E-state index >= 15 is 0 Å². The van der Waals surface area contributed by atoms with Crippen molar-refractivity contribution < 1.29 is 4.79 Å². The lowest BCUT2D eigenvalue weighted by molar-refractivity contribution is -0.125. The van der Waals surface area contributed by atoms with E-state index in [9.17, 15) is 4.79 Å². The maximum Gasteiger partial charge on any atom is 0.224 e. The fourth-order valence-corrected chi connectivity index (χ4v) is 4.40. The van der Waals surface area contributed by atoms with E-state index in [0.717, 1.165) is 69.1 Å². The van der Waals surface area contributed by atoms with E-state index in [1.807, 2.05) is 12.1 Å². The zero-order chi connectivity index (χ0) is 22.8. The molecule has 1 atom stereocenters. The third-order valence-electron chi connectivity index (χ3n) is 6.14. The average Bonchev–Trinajstić information content (AvgIpc) is 2.82. The van der Waals surface area contributed by atoms with Gasteiger partial charge in [0.05, 0.1) is 11.6 Å². The van der Waals surface area contributed by atoms with E-state index in [-0.39, 0.29) is 11.8 Å². The topological polar surface area (TPSA) is 61.4 Å². The third-order valence-corrected chi connectivity index (χ3v) is 6.14. The summed E-state index contributed by atoms with van der Waals surface area (Å²) >= 11 is 0. The predicted octanol–water partition coefficient (Wildman–Crippen LogP) is 4.30. The average molecular weight is 438 g/mol. The number of amides is 1. The SMILES string of the molecule is CCCN(CCC)CCCNC(=O)[C@H]1CCCN(c2ccc(-c3ccc(C)cc3)nn2)C1. The Balaban J connectivity index is 1.48. The minimum atomic E-state index is 0.0183. The summed E-state index contributed by atoms with van der Waals surface area (Å²) in [4.78, 5) is 17.4. The van der Waals surface area contributed by atoms with Gasteiger partial charge < -0.3 is 15.1 Å². The van der Waals surface area contributed by atoms with Gasteiger partial charge >= 0.3 is 0 Å². The second-order valence-corrected chi connectivity index (χ2v) is 8.91. The Bertz CT molecular complexity index is 815. The van der Waals surface area contributed by atoms with E-state index < -0.39 is 0 Å². The van der Waals surface area contributed by atoms with Gasteiger partial charge in [0, 0.05) is 25.2 Å². The summed E-state index contributed by atoms with van der Waals surface area (Å²) in [6, 6.07) is 12.4. The Morgan fingerprint density at radius 2 is 1.81 bits per heavy atom. The van der Waals surface area contributed by atoms with Crippen molar-refractivity contribution in [3.05, 3.63) is 42.0 Å². The van der Waals surface area contributed by atoms with Gasteiger partial charge in [0.15, 0.2) is 5.82 Å². The smallest absolute Gasteiger partial charge is 0.224 e. The van der Waals surface area contributed by atoms with Crippen LogP contribution in [0.4, 0.5) is 5.82 Å². The highest BCUT2D eigenvalue weighted by Crippen LogP contribution is 2.23. The monoisotopic (exact) mass is 437 g/mol. The molecule has 32 heavy (non-hydrogen) atoms. The van der Waals surface area contributed by atoms with Crippen molar-refractivity contribution in [2.45, 2.75) is 52.9 Å². The number of carbonyl (C=O) groups excluding carboxylic acids is 1. The lowest BCUT2D eigenvalue weighted by Crippen LogP contribution is -2.44. The molecule has 0 spiro atoms. The minimum absolute atomic E-state index is 0.0183. The third kappa shape index (κ3) is 7.02. The maximum absolute atomic E-state index is 12.8. The second kappa shape index (κ2) is 12.5. The molecule has 1 N–H and O–H groups in total. The van der Waals surface area contributed by atoms with Crippen molar-refractivity contribution in [3.8, 4) is 11.3 Å². The van der Waals surface area contributed by atoms with Crippen molar-refractivity contribution in [3.63, 3.8) is 0 Å². The zero-order valence-electron chi connectivity index (χ0n) is 20.0. The fraction of sp³-hybridized carbons (Fsp3) is 0.577. The van der Waals surface area contributed by atoms with Gasteiger partial charge in [-0.25, -0.2) is 0 Å². The number of nitrogens with zero attached hydrogens (tertiary/aromatic N) is 4. The first-order valence-corrected chi connectivity index (χ1v) is 12.3. The van der Waals surface area contributed by atoms with Crippen molar-refractivity contribution in [1.82, 2.24) is 20.4 Å². The number of nitrogens with one attached hydrogen (secondary N) is 1. The van der Waals surface area contributed by atoms with E-state index in [1.54, 1.807) is 0 Å². The molecule has 1 amide bonds. The molecular formula is C26H39N5O. The Morgan fingerprint density at radius 1 is 1.06 bits per heavy atom. The van der Waals surface area contributed by atoms with Crippen LogP contribution in [0.1, 0.15) is 51.5 Å². The van der Waals surface area contributed by atoms with E-state index in [4.69, 9.17) is 0 Å². The number of piperidine rings is 1. The molecule has 174 valence electrons. The predicted molar refractivity (Wildman–Crippen MR) is 132 cm³/mol. The van der Waals surface area contributed by atoms with Crippen LogP contribution in [0.25, 0.3) is 11.3 Å². The molecule has 0 aliphatic carbocycles. The lowest BCUT2D eigenvalue weighted by atomic mass is 9.97. The molecule has 1 aliphatic heterocycles. The number of aromatic nitrogens is 2. The summed E-state index contributed by atoms with van der Waals surface area (Å²) in [5, 5.41) is 12.1. The number of anilines is 1. The molecule has 1 fully saturated rings. The number of aryl methyl sites for hydroxylation is 1. The number of hydrogen-bond donors (Lipinski definition) is 1. The number of hydrogen-bond acceptors (Lipinski definition) is 5. The van der Waals surface area contributed by atoms with Gasteiger partial charge in [-0.2, -0.15) is 0 Å². The highest BCUT2D eigenvalue weighted by molar-refractivity contribution is 5.79. The Labute approximate surface area is 193 Å². The fourth-order valence-electron chi connectivity index (χ4n) is 4.40. The molecule has 2 heterocycles. The van der Waals surface area contributed by atoms with Gasteiger partial charge in [-0.15, -0.1) is 10.2 Å². The van der Waals surface area contributed by atoms with E-state index in [2.05, 4.69) is 70.4 Å². The molecule has 3 rings (SSSR count). The van der Waals surface area contributed by atoms with Crippen LogP contribution in [-0.4, -0.2) is 60.3 Å². The van der Waals surface area contributed by atoms with Crippen molar-refractivity contribution in [2.24, 2.45) is 5.92 Å². The van der Waals surface area contributed by atoms with E-state index in [0.29, 0.717) is 6.54 Å². The van der Waals surface area contributed by atoms with Crippen LogP contribution in [0.15, 0.2) is 36.4 Å².